The topological polar surface area (TPSA) is 70.2 Å². The number of rotatable bonds is 4. The summed E-state index contributed by atoms with van der Waals surface area (Å²) in [5.41, 5.74) is 1.40. The Morgan fingerprint density at radius 2 is 1.85 bits per heavy atom. The second-order valence-corrected chi connectivity index (χ2v) is 7.92. The second kappa shape index (κ2) is 6.82. The molecule has 0 unspecified atom stereocenters. The fourth-order valence-corrected chi connectivity index (χ4v) is 4.49. The first kappa shape index (κ1) is 17.7. The summed E-state index contributed by atoms with van der Waals surface area (Å²) < 4.78 is 0. The van der Waals surface area contributed by atoms with Gasteiger partial charge in [-0.3, -0.25) is 14.9 Å². The molecule has 4 rings (SSSR count). The molecule has 3 N–H and O–H groups in total. The zero-order valence-corrected chi connectivity index (χ0v) is 15.7. The first-order chi connectivity index (χ1) is 13.0. The Morgan fingerprint density at radius 3 is 2.59 bits per heavy atom. The van der Waals surface area contributed by atoms with E-state index in [1.807, 2.05) is 54.6 Å². The molecule has 3 atom stereocenters. The van der Waals surface area contributed by atoms with E-state index in [-0.39, 0.29) is 17.9 Å². The van der Waals surface area contributed by atoms with E-state index in [2.05, 4.69) is 29.8 Å². The standard InChI is InChI=1S/C22H25N3O2/c1-14(2)12-16-13-18(20(26)23-15-8-4-3-5-9-15)22(25-16)17-10-6-7-11-19(17)24-21(22)27/h3-11,14,16,18,25H,12-13H2,1-2H3,(H,23,26)(H,24,27)/t16-,18-,22-/m0/s1. The number of hydrogen-bond donors (Lipinski definition) is 3. The fraction of sp³-hybridized carbons (Fsp3) is 0.364. The van der Waals surface area contributed by atoms with Gasteiger partial charge in [0.2, 0.25) is 11.8 Å². The molecular weight excluding hydrogens is 338 g/mol. The smallest absolute Gasteiger partial charge is 0.250 e. The van der Waals surface area contributed by atoms with Gasteiger partial charge in [-0.15, -0.1) is 0 Å². The molecule has 0 aromatic heterocycles. The third-order valence-corrected chi connectivity index (χ3v) is 5.55. The van der Waals surface area contributed by atoms with Gasteiger partial charge in [0.1, 0.15) is 5.54 Å². The van der Waals surface area contributed by atoms with Gasteiger partial charge in [0.05, 0.1) is 5.92 Å². The van der Waals surface area contributed by atoms with Crippen LogP contribution in [0.15, 0.2) is 54.6 Å². The zero-order chi connectivity index (χ0) is 19.0. The van der Waals surface area contributed by atoms with Gasteiger partial charge in [-0.25, -0.2) is 0 Å². The molecule has 2 aromatic rings. The first-order valence-electron chi connectivity index (χ1n) is 9.55. The monoisotopic (exact) mass is 363 g/mol. The molecule has 2 aliphatic rings. The highest BCUT2D eigenvalue weighted by molar-refractivity contribution is 6.10. The molecule has 2 amide bonds. The van der Waals surface area contributed by atoms with Crippen LogP contribution < -0.4 is 16.0 Å². The average Bonchev–Trinajstić information content (AvgIpc) is 3.15. The predicted octanol–water partition coefficient (Wildman–Crippen LogP) is 3.50. The van der Waals surface area contributed by atoms with Crippen molar-refractivity contribution < 1.29 is 9.59 Å². The number of benzene rings is 2. The molecule has 2 aliphatic heterocycles. The molecule has 2 aromatic carbocycles. The molecule has 2 heterocycles. The van der Waals surface area contributed by atoms with E-state index < -0.39 is 11.5 Å². The Labute approximate surface area is 159 Å². The minimum Gasteiger partial charge on any atom is -0.326 e. The molecule has 5 heteroatoms. The van der Waals surface area contributed by atoms with Crippen molar-refractivity contribution in [1.82, 2.24) is 5.32 Å². The highest BCUT2D eigenvalue weighted by atomic mass is 16.2. The van der Waals surface area contributed by atoms with Crippen molar-refractivity contribution in [3.8, 4) is 0 Å². The third-order valence-electron chi connectivity index (χ3n) is 5.55. The van der Waals surface area contributed by atoms with Crippen molar-refractivity contribution >= 4 is 23.2 Å². The summed E-state index contributed by atoms with van der Waals surface area (Å²) in [6, 6.07) is 17.2. The van der Waals surface area contributed by atoms with E-state index in [4.69, 9.17) is 0 Å². The van der Waals surface area contributed by atoms with Crippen LogP contribution in [-0.4, -0.2) is 17.9 Å². The van der Waals surface area contributed by atoms with E-state index in [9.17, 15) is 9.59 Å². The zero-order valence-electron chi connectivity index (χ0n) is 15.7. The Morgan fingerprint density at radius 1 is 1.15 bits per heavy atom. The van der Waals surface area contributed by atoms with Crippen molar-refractivity contribution in [2.45, 2.75) is 38.3 Å². The van der Waals surface area contributed by atoms with Crippen LogP contribution in [-0.2, 0) is 15.1 Å². The molecule has 0 radical (unpaired) electrons. The van der Waals surface area contributed by atoms with Crippen LogP contribution in [0.2, 0.25) is 0 Å². The van der Waals surface area contributed by atoms with E-state index in [0.717, 1.165) is 23.4 Å². The molecule has 140 valence electrons. The summed E-state index contributed by atoms with van der Waals surface area (Å²) in [4.78, 5) is 26.3. The van der Waals surface area contributed by atoms with Crippen LogP contribution in [0.25, 0.3) is 0 Å². The lowest BCUT2D eigenvalue weighted by molar-refractivity contribution is -0.130. The number of anilines is 2. The third kappa shape index (κ3) is 3.02. The van der Waals surface area contributed by atoms with Gasteiger partial charge < -0.3 is 10.6 Å². The van der Waals surface area contributed by atoms with Crippen molar-refractivity contribution in [3.05, 3.63) is 60.2 Å². The minimum atomic E-state index is -1.00. The molecule has 0 bridgehead atoms. The summed E-state index contributed by atoms with van der Waals surface area (Å²) >= 11 is 0. The van der Waals surface area contributed by atoms with Crippen LogP contribution in [0.4, 0.5) is 11.4 Å². The lowest BCUT2D eigenvalue weighted by Gasteiger charge is -2.29. The Hall–Kier alpha value is -2.66. The van der Waals surface area contributed by atoms with Crippen molar-refractivity contribution in [2.75, 3.05) is 10.6 Å². The fourth-order valence-electron chi connectivity index (χ4n) is 4.49. The molecule has 5 nitrogen and oxygen atoms in total. The van der Waals surface area contributed by atoms with E-state index in [1.165, 1.54) is 0 Å². The molecule has 0 aliphatic carbocycles. The maximum Gasteiger partial charge on any atom is 0.250 e. The Bertz CT molecular complexity index is 865. The van der Waals surface area contributed by atoms with Gasteiger partial charge in [0.15, 0.2) is 0 Å². The number of amides is 2. The number of fused-ring (bicyclic) bond motifs is 2. The van der Waals surface area contributed by atoms with Crippen LogP contribution in [0.3, 0.4) is 0 Å². The largest absolute Gasteiger partial charge is 0.326 e. The van der Waals surface area contributed by atoms with Gasteiger partial charge in [-0.1, -0.05) is 50.2 Å². The SMILES string of the molecule is CC(C)C[C@H]1C[C@@H](C(=O)Nc2ccccc2)[C@]2(N1)C(=O)Nc1ccccc12. The maximum absolute atomic E-state index is 13.2. The highest BCUT2D eigenvalue weighted by Gasteiger charge is 2.59. The van der Waals surface area contributed by atoms with E-state index >= 15 is 0 Å². The van der Waals surface area contributed by atoms with Crippen LogP contribution in [0, 0.1) is 11.8 Å². The lowest BCUT2D eigenvalue weighted by Crippen LogP contribution is -2.52. The molecule has 1 saturated heterocycles. The van der Waals surface area contributed by atoms with Crippen molar-refractivity contribution in [3.63, 3.8) is 0 Å². The van der Waals surface area contributed by atoms with Crippen molar-refractivity contribution in [2.24, 2.45) is 11.8 Å². The number of carbonyl (C=O) groups is 2. The summed E-state index contributed by atoms with van der Waals surface area (Å²) in [5, 5.41) is 9.52. The highest BCUT2D eigenvalue weighted by Crippen LogP contribution is 2.47. The van der Waals surface area contributed by atoms with Gasteiger partial charge in [0, 0.05) is 23.0 Å². The minimum absolute atomic E-state index is 0.119. The first-order valence-corrected chi connectivity index (χ1v) is 9.55. The molecule has 1 spiro atoms. The van der Waals surface area contributed by atoms with Gasteiger partial charge in [-0.2, -0.15) is 0 Å². The predicted molar refractivity (Wildman–Crippen MR) is 106 cm³/mol. The maximum atomic E-state index is 13.2. The molecular formula is C22H25N3O2. The summed E-state index contributed by atoms with van der Waals surface area (Å²) in [7, 11) is 0. The molecule has 1 fully saturated rings. The summed E-state index contributed by atoms with van der Waals surface area (Å²) in [5.74, 6) is -0.240. The van der Waals surface area contributed by atoms with Crippen LogP contribution in [0.1, 0.15) is 32.3 Å². The van der Waals surface area contributed by atoms with E-state index in [0.29, 0.717) is 12.3 Å². The van der Waals surface area contributed by atoms with Crippen molar-refractivity contribution in [1.29, 1.82) is 0 Å². The number of para-hydroxylation sites is 2. The number of hydrogen-bond acceptors (Lipinski definition) is 3. The normalized spacial score (nSPS) is 26.3. The average molecular weight is 363 g/mol. The number of carbonyl (C=O) groups excluding carboxylic acids is 2. The summed E-state index contributed by atoms with van der Waals surface area (Å²) in [6.07, 6.45) is 1.56. The van der Waals surface area contributed by atoms with Gasteiger partial charge in [0.25, 0.3) is 0 Å². The Balaban J connectivity index is 1.71. The molecule has 0 saturated carbocycles. The molecule has 27 heavy (non-hydrogen) atoms. The second-order valence-electron chi connectivity index (χ2n) is 7.92. The number of nitrogens with one attached hydrogen (secondary N) is 3. The quantitative estimate of drug-likeness (QED) is 0.779. The summed E-state index contributed by atoms with van der Waals surface area (Å²) in [6.45, 7) is 4.32. The van der Waals surface area contributed by atoms with E-state index in [1.54, 1.807) is 0 Å². The van der Waals surface area contributed by atoms with Gasteiger partial charge in [-0.05, 0) is 37.0 Å². The van der Waals surface area contributed by atoms with Gasteiger partial charge >= 0.3 is 0 Å². The van der Waals surface area contributed by atoms with Crippen LogP contribution >= 0.6 is 0 Å². The van der Waals surface area contributed by atoms with Crippen LogP contribution in [0.5, 0.6) is 0 Å². The lowest BCUT2D eigenvalue weighted by atomic mass is 9.79. The Kier molecular flexibility index (Phi) is 4.48.